The summed E-state index contributed by atoms with van der Waals surface area (Å²) in [5, 5.41) is 0. The molecule has 0 unspecified atom stereocenters. The summed E-state index contributed by atoms with van der Waals surface area (Å²) < 4.78 is 11.6. The molecule has 3 fully saturated rings. The maximum Gasteiger partial charge on any atom is 0.308 e. The van der Waals surface area contributed by atoms with Crippen molar-refractivity contribution >= 4 is 7.87 Å². The van der Waals surface area contributed by atoms with Crippen LogP contribution in [0.15, 0.2) is 0 Å². The maximum absolute atomic E-state index is 2.93. The van der Waals surface area contributed by atoms with Gasteiger partial charge in [-0.05, 0) is 52.4 Å². The van der Waals surface area contributed by atoms with E-state index in [0.717, 1.165) is 0 Å². The fourth-order valence-electron chi connectivity index (χ4n) is 4.58. The van der Waals surface area contributed by atoms with E-state index in [-0.39, 0.29) is 0 Å². The molecule has 0 radical (unpaired) electrons. The number of rotatable bonds is 6. The van der Waals surface area contributed by atoms with E-state index in [1.165, 1.54) is 90.9 Å². The van der Waals surface area contributed by atoms with Crippen LogP contribution in [0, 0.1) is 0 Å². The first-order valence-electron chi connectivity index (χ1n) is 9.24. The van der Waals surface area contributed by atoms with Crippen LogP contribution < -0.4 is 0 Å². The molecule has 0 spiro atoms. The van der Waals surface area contributed by atoms with E-state index < -0.39 is 7.87 Å². The molecule has 0 bridgehead atoms. The molecule has 3 heterocycles. The van der Waals surface area contributed by atoms with Gasteiger partial charge in [-0.3, -0.25) is 0 Å². The summed E-state index contributed by atoms with van der Waals surface area (Å²) in [5.41, 5.74) is 0. The van der Waals surface area contributed by atoms with Crippen molar-refractivity contribution < 1.29 is 0 Å². The second-order valence-electron chi connectivity index (χ2n) is 6.66. The Morgan fingerprint density at radius 3 is 1.14 bits per heavy atom. The van der Waals surface area contributed by atoms with Gasteiger partial charge in [-0.25, -0.2) is 0 Å². The summed E-state index contributed by atoms with van der Waals surface area (Å²) in [4.78, 5) is 0. The highest BCUT2D eigenvalue weighted by Gasteiger charge is 2.62. The molecular weight excluding hydrogens is 279 g/mol. The van der Waals surface area contributed by atoms with E-state index >= 15 is 0 Å². The largest absolute Gasteiger partial charge is 0.308 e. The molecule has 3 aliphatic rings. The maximum atomic E-state index is 2.93. The molecule has 0 aromatic heterocycles. The Balaban J connectivity index is 1.98. The highest BCUT2D eigenvalue weighted by atomic mass is 31.2. The Labute approximate surface area is 132 Å². The third-order valence-electron chi connectivity index (χ3n) is 5.50. The van der Waals surface area contributed by atoms with Crippen LogP contribution in [0.1, 0.15) is 52.4 Å². The lowest BCUT2D eigenvalue weighted by Gasteiger charge is -2.48. The number of hydrogen-bond donors (Lipinski definition) is 0. The summed E-state index contributed by atoms with van der Waals surface area (Å²) in [5.74, 6) is 0. The minimum Gasteiger partial charge on any atom is -0.134 e. The van der Waals surface area contributed by atoms with Gasteiger partial charge in [0.15, 0.2) is 0 Å². The molecule has 0 aromatic rings. The summed E-state index contributed by atoms with van der Waals surface area (Å²) in [6.45, 7) is 15.1. The van der Waals surface area contributed by atoms with Crippen molar-refractivity contribution in [3.8, 4) is 0 Å². The van der Waals surface area contributed by atoms with Gasteiger partial charge in [0.1, 0.15) is 0 Å². The van der Waals surface area contributed by atoms with Gasteiger partial charge in [-0.15, -0.1) is 18.7 Å². The predicted octanol–water partition coefficient (Wildman–Crippen LogP) is 3.29. The molecule has 0 amide bonds. The van der Waals surface area contributed by atoms with Crippen LogP contribution in [0.4, 0.5) is 0 Å². The normalized spacial score (nSPS) is 26.4. The van der Waals surface area contributed by atoms with Crippen molar-refractivity contribution in [2.75, 3.05) is 52.4 Å². The van der Waals surface area contributed by atoms with Gasteiger partial charge < -0.3 is 0 Å². The van der Waals surface area contributed by atoms with Crippen LogP contribution in [-0.4, -0.2) is 71.0 Å². The molecule has 21 heavy (non-hydrogen) atoms. The molecule has 0 N–H and O–H groups in total. The van der Waals surface area contributed by atoms with E-state index in [2.05, 4.69) is 32.5 Å². The minimum atomic E-state index is -1.42. The first-order valence-corrected chi connectivity index (χ1v) is 10.8. The van der Waals surface area contributed by atoms with Gasteiger partial charge in [0.2, 0.25) is 0 Å². The third kappa shape index (κ3) is 2.79. The SMILES string of the molecule is CCN(CC)[P+](N1CCCC1)(N1CCCC1)N1CCCC1. The Kier molecular flexibility index (Phi) is 5.55. The van der Waals surface area contributed by atoms with Crippen molar-refractivity contribution in [2.24, 2.45) is 0 Å². The predicted molar refractivity (Wildman–Crippen MR) is 92.3 cm³/mol. The monoisotopic (exact) mass is 313 g/mol. The average molecular weight is 313 g/mol. The Morgan fingerprint density at radius 1 is 0.619 bits per heavy atom. The Morgan fingerprint density at radius 2 is 0.905 bits per heavy atom. The van der Waals surface area contributed by atoms with E-state index in [1.54, 1.807) is 0 Å². The van der Waals surface area contributed by atoms with E-state index in [0.29, 0.717) is 0 Å². The van der Waals surface area contributed by atoms with Gasteiger partial charge in [-0.2, -0.15) is 0 Å². The van der Waals surface area contributed by atoms with Gasteiger partial charge in [0.25, 0.3) is 0 Å². The average Bonchev–Trinajstić information content (AvgIpc) is 3.28. The van der Waals surface area contributed by atoms with Crippen molar-refractivity contribution in [1.82, 2.24) is 18.7 Å². The summed E-state index contributed by atoms with van der Waals surface area (Å²) in [7, 11) is -1.42. The van der Waals surface area contributed by atoms with Crippen LogP contribution >= 0.6 is 7.87 Å². The zero-order valence-corrected chi connectivity index (χ0v) is 15.0. The minimum absolute atomic E-state index is 1.20. The number of hydrogen-bond acceptors (Lipinski definition) is 4. The van der Waals surface area contributed by atoms with Crippen molar-refractivity contribution in [1.29, 1.82) is 0 Å². The van der Waals surface area contributed by atoms with Gasteiger partial charge in [-0.1, -0.05) is 0 Å². The quantitative estimate of drug-likeness (QED) is 0.698. The molecule has 122 valence electrons. The second-order valence-corrected chi connectivity index (χ2v) is 9.99. The zero-order valence-electron chi connectivity index (χ0n) is 14.1. The second kappa shape index (κ2) is 7.23. The summed E-state index contributed by atoms with van der Waals surface area (Å²) in [6, 6.07) is 0. The lowest BCUT2D eigenvalue weighted by Crippen LogP contribution is -2.50. The first-order chi connectivity index (χ1) is 10.3. The van der Waals surface area contributed by atoms with Gasteiger partial charge in [0.05, 0.1) is 0 Å². The van der Waals surface area contributed by atoms with Crippen LogP contribution in [0.25, 0.3) is 0 Å². The molecule has 0 aromatic carbocycles. The lowest BCUT2D eigenvalue weighted by molar-refractivity contribution is 0.290. The third-order valence-corrected chi connectivity index (χ3v) is 10.3. The zero-order chi connectivity index (χ0) is 14.7. The molecule has 0 aliphatic carbocycles. The highest BCUT2D eigenvalue weighted by molar-refractivity contribution is 7.66. The molecule has 4 nitrogen and oxygen atoms in total. The van der Waals surface area contributed by atoms with Crippen LogP contribution in [0.3, 0.4) is 0 Å². The standard InChI is InChI=1S/C16H34N4P/c1-3-17(4-2)21(18-11-5-6-12-18,19-13-7-8-14-19)20-15-9-10-16-20/h3-16H2,1-2H3/q+1. The van der Waals surface area contributed by atoms with Crippen LogP contribution in [-0.2, 0) is 0 Å². The highest BCUT2D eigenvalue weighted by Crippen LogP contribution is 2.72. The molecule has 0 atom stereocenters. The fourth-order valence-corrected chi connectivity index (χ4v) is 9.95. The fraction of sp³-hybridized carbons (Fsp3) is 1.00. The van der Waals surface area contributed by atoms with Crippen LogP contribution in [0.2, 0.25) is 0 Å². The van der Waals surface area contributed by atoms with E-state index in [1.807, 2.05) is 0 Å². The molecule has 3 aliphatic heterocycles. The summed E-state index contributed by atoms with van der Waals surface area (Å²) in [6.07, 6.45) is 8.44. The Hall–Kier alpha value is 0.270. The van der Waals surface area contributed by atoms with Gasteiger partial charge in [0, 0.05) is 52.4 Å². The van der Waals surface area contributed by atoms with Crippen molar-refractivity contribution in [2.45, 2.75) is 52.4 Å². The van der Waals surface area contributed by atoms with Gasteiger partial charge >= 0.3 is 7.87 Å². The number of nitrogens with zero attached hydrogens (tertiary/aromatic N) is 4. The van der Waals surface area contributed by atoms with Crippen LogP contribution in [0.5, 0.6) is 0 Å². The van der Waals surface area contributed by atoms with Crippen molar-refractivity contribution in [3.05, 3.63) is 0 Å². The smallest absolute Gasteiger partial charge is 0.134 e. The molecule has 0 saturated carbocycles. The topological polar surface area (TPSA) is 13.0 Å². The summed E-state index contributed by atoms with van der Waals surface area (Å²) >= 11 is 0. The first kappa shape index (κ1) is 16.1. The molecule has 5 heteroatoms. The lowest BCUT2D eigenvalue weighted by atomic mass is 10.4. The van der Waals surface area contributed by atoms with Crippen molar-refractivity contribution in [3.63, 3.8) is 0 Å². The Bertz CT molecular complexity index is 269. The van der Waals surface area contributed by atoms with E-state index in [9.17, 15) is 0 Å². The van der Waals surface area contributed by atoms with E-state index in [4.69, 9.17) is 0 Å². The molecule has 3 rings (SSSR count). The molecule has 3 saturated heterocycles. The molecular formula is C16H34N4P+.